The second-order valence-corrected chi connectivity index (χ2v) is 6.94. The molecule has 0 radical (unpaired) electrons. The van der Waals surface area contributed by atoms with Gasteiger partial charge in [-0.05, 0) is 43.9 Å². The minimum atomic E-state index is -0.351. The van der Waals surface area contributed by atoms with E-state index in [2.05, 4.69) is 5.32 Å². The van der Waals surface area contributed by atoms with Crippen LogP contribution in [0.1, 0.15) is 64.4 Å². The fourth-order valence-electron chi connectivity index (χ4n) is 3.30. The van der Waals surface area contributed by atoms with Crippen LogP contribution in [0.25, 0.3) is 0 Å². The van der Waals surface area contributed by atoms with E-state index >= 15 is 0 Å². The molecule has 1 aromatic rings. The lowest BCUT2D eigenvalue weighted by Crippen LogP contribution is -2.41. The van der Waals surface area contributed by atoms with Crippen molar-refractivity contribution in [3.8, 4) is 5.75 Å². The number of hydrogen-bond acceptors (Lipinski definition) is 2. The Kier molecular flexibility index (Phi) is 5.87. The van der Waals surface area contributed by atoms with Crippen molar-refractivity contribution in [3.05, 3.63) is 29.8 Å². The van der Waals surface area contributed by atoms with Crippen molar-refractivity contribution >= 4 is 5.91 Å². The van der Waals surface area contributed by atoms with Crippen LogP contribution in [-0.2, 0) is 10.3 Å². The molecule has 0 saturated heterocycles. The maximum Gasteiger partial charge on any atom is 0.220 e. The van der Waals surface area contributed by atoms with E-state index < -0.39 is 0 Å². The molecular formula is C19H29NO2. The second kappa shape index (κ2) is 7.66. The highest BCUT2D eigenvalue weighted by Gasteiger charge is 2.23. The van der Waals surface area contributed by atoms with E-state index in [1.54, 1.807) is 7.11 Å². The molecule has 3 nitrogen and oxygen atoms in total. The molecule has 2 rings (SSSR count). The first-order valence-corrected chi connectivity index (χ1v) is 8.47. The SMILES string of the molecule is COc1ccc(C(C)(C)NC(=O)CCC2CCCCC2)cc1. The van der Waals surface area contributed by atoms with Gasteiger partial charge >= 0.3 is 0 Å². The van der Waals surface area contributed by atoms with E-state index in [0.717, 1.165) is 23.7 Å². The number of hydrogen-bond donors (Lipinski definition) is 1. The highest BCUT2D eigenvalue weighted by atomic mass is 16.5. The summed E-state index contributed by atoms with van der Waals surface area (Å²) in [4.78, 5) is 12.3. The Morgan fingerprint density at radius 1 is 1.18 bits per heavy atom. The Morgan fingerprint density at radius 3 is 2.41 bits per heavy atom. The van der Waals surface area contributed by atoms with Gasteiger partial charge < -0.3 is 10.1 Å². The summed E-state index contributed by atoms with van der Waals surface area (Å²) in [5, 5.41) is 3.17. The lowest BCUT2D eigenvalue weighted by Gasteiger charge is -2.28. The van der Waals surface area contributed by atoms with E-state index in [1.165, 1.54) is 32.1 Å². The fraction of sp³-hybridized carbons (Fsp3) is 0.632. The zero-order valence-electron chi connectivity index (χ0n) is 14.2. The first kappa shape index (κ1) is 16.9. The number of ether oxygens (including phenoxy) is 1. The van der Waals surface area contributed by atoms with Crippen LogP contribution in [0.4, 0.5) is 0 Å². The summed E-state index contributed by atoms with van der Waals surface area (Å²) in [6.45, 7) is 4.10. The van der Waals surface area contributed by atoms with E-state index in [0.29, 0.717) is 6.42 Å². The highest BCUT2D eigenvalue weighted by Crippen LogP contribution is 2.28. The van der Waals surface area contributed by atoms with E-state index in [4.69, 9.17) is 4.74 Å². The van der Waals surface area contributed by atoms with Crippen molar-refractivity contribution in [1.29, 1.82) is 0 Å². The van der Waals surface area contributed by atoms with Crippen molar-refractivity contribution < 1.29 is 9.53 Å². The van der Waals surface area contributed by atoms with Gasteiger partial charge in [0.15, 0.2) is 0 Å². The molecule has 0 heterocycles. The van der Waals surface area contributed by atoms with Gasteiger partial charge in [-0.3, -0.25) is 4.79 Å². The molecule has 0 aliphatic heterocycles. The quantitative estimate of drug-likeness (QED) is 0.845. The maximum atomic E-state index is 12.3. The Balaban J connectivity index is 1.85. The predicted octanol–water partition coefficient (Wildman–Crippen LogP) is 4.41. The molecule has 1 aliphatic carbocycles. The summed E-state index contributed by atoms with van der Waals surface area (Å²) in [6.07, 6.45) is 8.32. The lowest BCUT2D eigenvalue weighted by molar-refractivity contribution is -0.123. The molecule has 0 bridgehead atoms. The van der Waals surface area contributed by atoms with Crippen molar-refractivity contribution in [2.24, 2.45) is 5.92 Å². The van der Waals surface area contributed by atoms with Crippen LogP contribution in [-0.4, -0.2) is 13.0 Å². The van der Waals surface area contributed by atoms with Crippen LogP contribution in [0, 0.1) is 5.92 Å². The number of carbonyl (C=O) groups is 1. The van der Waals surface area contributed by atoms with Gasteiger partial charge in [-0.2, -0.15) is 0 Å². The molecule has 122 valence electrons. The molecule has 0 unspecified atom stereocenters. The zero-order chi connectivity index (χ0) is 16.0. The largest absolute Gasteiger partial charge is 0.497 e. The standard InChI is InChI=1S/C19H29NO2/c1-19(2,16-10-12-17(22-3)13-11-16)20-18(21)14-9-15-7-5-4-6-8-15/h10-13,15H,4-9,14H2,1-3H3,(H,20,21). The highest BCUT2D eigenvalue weighted by molar-refractivity contribution is 5.76. The Labute approximate surface area is 134 Å². The van der Waals surface area contributed by atoms with Crippen molar-refractivity contribution in [1.82, 2.24) is 5.32 Å². The minimum absolute atomic E-state index is 0.159. The van der Waals surface area contributed by atoms with Gasteiger partial charge in [-0.1, -0.05) is 44.2 Å². The van der Waals surface area contributed by atoms with Crippen LogP contribution in [0.3, 0.4) is 0 Å². The molecule has 0 spiro atoms. The van der Waals surface area contributed by atoms with Gasteiger partial charge in [0, 0.05) is 6.42 Å². The molecule has 1 fully saturated rings. The summed E-state index contributed by atoms with van der Waals surface area (Å²) in [6, 6.07) is 7.90. The summed E-state index contributed by atoms with van der Waals surface area (Å²) >= 11 is 0. The monoisotopic (exact) mass is 303 g/mol. The summed E-state index contributed by atoms with van der Waals surface area (Å²) in [5.74, 6) is 1.75. The van der Waals surface area contributed by atoms with Gasteiger partial charge in [0.1, 0.15) is 5.75 Å². The summed E-state index contributed by atoms with van der Waals surface area (Å²) in [5.41, 5.74) is 0.745. The molecule has 22 heavy (non-hydrogen) atoms. The topological polar surface area (TPSA) is 38.3 Å². The molecule has 3 heteroatoms. The summed E-state index contributed by atoms with van der Waals surface area (Å²) < 4.78 is 5.18. The number of carbonyl (C=O) groups excluding carboxylic acids is 1. The Bertz CT molecular complexity index is 473. The van der Waals surface area contributed by atoms with Gasteiger partial charge in [0.25, 0.3) is 0 Å². The van der Waals surface area contributed by atoms with Crippen LogP contribution >= 0.6 is 0 Å². The number of nitrogens with one attached hydrogen (secondary N) is 1. The molecule has 1 N–H and O–H groups in total. The van der Waals surface area contributed by atoms with Crippen molar-refractivity contribution in [2.45, 2.75) is 64.3 Å². The fourth-order valence-corrected chi connectivity index (χ4v) is 3.30. The molecule has 1 aromatic carbocycles. The first-order valence-electron chi connectivity index (χ1n) is 8.47. The molecule has 0 atom stereocenters. The summed E-state index contributed by atoms with van der Waals surface area (Å²) in [7, 11) is 1.66. The number of benzene rings is 1. The smallest absolute Gasteiger partial charge is 0.220 e. The third-order valence-corrected chi connectivity index (χ3v) is 4.77. The van der Waals surface area contributed by atoms with Gasteiger partial charge in [-0.15, -0.1) is 0 Å². The average molecular weight is 303 g/mol. The van der Waals surface area contributed by atoms with Crippen molar-refractivity contribution in [2.75, 3.05) is 7.11 Å². The molecule has 0 aromatic heterocycles. The number of methoxy groups -OCH3 is 1. The normalized spacial score (nSPS) is 16.3. The maximum absolute atomic E-state index is 12.3. The van der Waals surface area contributed by atoms with E-state index in [1.807, 2.05) is 38.1 Å². The third-order valence-electron chi connectivity index (χ3n) is 4.77. The number of amides is 1. The second-order valence-electron chi connectivity index (χ2n) is 6.94. The molecule has 1 amide bonds. The van der Waals surface area contributed by atoms with Crippen LogP contribution in [0.5, 0.6) is 5.75 Å². The predicted molar refractivity (Wildman–Crippen MR) is 90.0 cm³/mol. The zero-order valence-corrected chi connectivity index (χ0v) is 14.2. The lowest BCUT2D eigenvalue weighted by atomic mass is 9.86. The molecular weight excluding hydrogens is 274 g/mol. The minimum Gasteiger partial charge on any atom is -0.497 e. The van der Waals surface area contributed by atoms with E-state index in [-0.39, 0.29) is 11.4 Å². The molecule has 1 saturated carbocycles. The Morgan fingerprint density at radius 2 is 1.82 bits per heavy atom. The number of rotatable bonds is 6. The van der Waals surface area contributed by atoms with Crippen molar-refractivity contribution in [3.63, 3.8) is 0 Å². The van der Waals surface area contributed by atoms with E-state index in [9.17, 15) is 4.79 Å². The third kappa shape index (κ3) is 4.75. The average Bonchev–Trinajstić information content (AvgIpc) is 2.53. The van der Waals surface area contributed by atoms with Gasteiger partial charge in [0.05, 0.1) is 12.6 Å². The van der Waals surface area contributed by atoms with Crippen LogP contribution in [0.2, 0.25) is 0 Å². The van der Waals surface area contributed by atoms with Gasteiger partial charge in [-0.25, -0.2) is 0 Å². The molecule has 1 aliphatic rings. The van der Waals surface area contributed by atoms with Crippen LogP contribution in [0.15, 0.2) is 24.3 Å². The van der Waals surface area contributed by atoms with Crippen LogP contribution < -0.4 is 10.1 Å². The first-order chi connectivity index (χ1) is 10.5. The van der Waals surface area contributed by atoms with Gasteiger partial charge in [0.2, 0.25) is 5.91 Å². The Hall–Kier alpha value is -1.51.